The van der Waals surface area contributed by atoms with Gasteiger partial charge in [0.15, 0.2) is 0 Å². The SMILES string of the molecule is CCCC[C@H](NC(=O)C1CCCCC1)C(=O)O. The van der Waals surface area contributed by atoms with Crippen LogP contribution in [0.3, 0.4) is 0 Å². The van der Waals surface area contributed by atoms with Crippen molar-refractivity contribution in [3.05, 3.63) is 0 Å². The predicted molar refractivity (Wildman–Crippen MR) is 65.7 cm³/mol. The normalized spacial score (nSPS) is 18.6. The molecule has 1 aliphatic carbocycles. The third-order valence-corrected chi connectivity index (χ3v) is 3.44. The molecule has 1 atom stereocenters. The summed E-state index contributed by atoms with van der Waals surface area (Å²) < 4.78 is 0. The van der Waals surface area contributed by atoms with E-state index in [1.807, 2.05) is 6.92 Å². The van der Waals surface area contributed by atoms with E-state index in [4.69, 9.17) is 5.11 Å². The minimum Gasteiger partial charge on any atom is -0.480 e. The molecule has 17 heavy (non-hydrogen) atoms. The monoisotopic (exact) mass is 241 g/mol. The second-order valence-corrected chi connectivity index (χ2v) is 4.88. The summed E-state index contributed by atoms with van der Waals surface area (Å²) in [7, 11) is 0. The first-order valence-corrected chi connectivity index (χ1v) is 6.68. The number of carboxylic acids is 1. The number of carboxylic acid groups (broad SMARTS) is 1. The zero-order chi connectivity index (χ0) is 12.7. The Morgan fingerprint density at radius 1 is 1.29 bits per heavy atom. The second kappa shape index (κ2) is 7.30. The van der Waals surface area contributed by atoms with Crippen LogP contribution in [0.1, 0.15) is 58.3 Å². The van der Waals surface area contributed by atoms with Crippen molar-refractivity contribution in [2.75, 3.05) is 0 Å². The molecule has 0 radical (unpaired) electrons. The van der Waals surface area contributed by atoms with E-state index in [0.29, 0.717) is 6.42 Å². The van der Waals surface area contributed by atoms with Crippen molar-refractivity contribution in [3.63, 3.8) is 0 Å². The molecule has 1 rings (SSSR count). The first-order valence-electron chi connectivity index (χ1n) is 6.68. The van der Waals surface area contributed by atoms with E-state index in [1.54, 1.807) is 0 Å². The van der Waals surface area contributed by atoms with Gasteiger partial charge in [-0.25, -0.2) is 4.79 Å². The average molecular weight is 241 g/mol. The lowest BCUT2D eigenvalue weighted by Crippen LogP contribution is -2.44. The molecule has 4 heteroatoms. The molecule has 1 amide bonds. The Kier molecular flexibility index (Phi) is 6.01. The van der Waals surface area contributed by atoms with Gasteiger partial charge >= 0.3 is 5.97 Å². The summed E-state index contributed by atoms with van der Waals surface area (Å²) in [4.78, 5) is 22.9. The van der Waals surface area contributed by atoms with Gasteiger partial charge < -0.3 is 10.4 Å². The second-order valence-electron chi connectivity index (χ2n) is 4.88. The number of carbonyl (C=O) groups excluding carboxylic acids is 1. The fourth-order valence-electron chi connectivity index (χ4n) is 2.32. The molecule has 0 heterocycles. The minimum absolute atomic E-state index is 0.0345. The highest BCUT2D eigenvalue weighted by Gasteiger charge is 2.25. The maximum absolute atomic E-state index is 11.9. The van der Waals surface area contributed by atoms with Crippen LogP contribution in [0.15, 0.2) is 0 Å². The molecule has 2 N–H and O–H groups in total. The quantitative estimate of drug-likeness (QED) is 0.750. The molecular formula is C13H23NO3. The smallest absolute Gasteiger partial charge is 0.326 e. The number of unbranched alkanes of at least 4 members (excludes halogenated alkanes) is 1. The number of hydrogen-bond acceptors (Lipinski definition) is 2. The number of aliphatic carboxylic acids is 1. The lowest BCUT2D eigenvalue weighted by molar-refractivity contribution is -0.142. The Labute approximate surface area is 103 Å². The van der Waals surface area contributed by atoms with Gasteiger partial charge in [0.25, 0.3) is 0 Å². The Balaban J connectivity index is 2.42. The van der Waals surface area contributed by atoms with Crippen LogP contribution in [0.5, 0.6) is 0 Å². The molecule has 98 valence electrons. The van der Waals surface area contributed by atoms with Crippen LogP contribution in [-0.4, -0.2) is 23.0 Å². The molecule has 1 fully saturated rings. The molecule has 4 nitrogen and oxygen atoms in total. The third kappa shape index (κ3) is 4.75. The van der Waals surface area contributed by atoms with Crippen LogP contribution in [0.4, 0.5) is 0 Å². The number of hydrogen-bond donors (Lipinski definition) is 2. The molecule has 1 saturated carbocycles. The molecule has 0 aliphatic heterocycles. The van der Waals surface area contributed by atoms with E-state index in [1.165, 1.54) is 6.42 Å². The minimum atomic E-state index is -0.914. The predicted octanol–water partition coefficient (Wildman–Crippen LogP) is 2.33. The number of amides is 1. The van der Waals surface area contributed by atoms with Crippen LogP contribution in [0.25, 0.3) is 0 Å². The summed E-state index contributed by atoms with van der Waals surface area (Å²) in [5, 5.41) is 11.7. The average Bonchev–Trinajstić information content (AvgIpc) is 2.35. The molecule has 1 aliphatic rings. The highest BCUT2D eigenvalue weighted by molar-refractivity contribution is 5.84. The zero-order valence-electron chi connectivity index (χ0n) is 10.6. The number of carbonyl (C=O) groups is 2. The summed E-state index contributed by atoms with van der Waals surface area (Å²) in [6.45, 7) is 2.02. The molecule has 0 bridgehead atoms. The topological polar surface area (TPSA) is 66.4 Å². The Morgan fingerprint density at radius 3 is 2.47 bits per heavy atom. The third-order valence-electron chi connectivity index (χ3n) is 3.44. The van der Waals surface area contributed by atoms with Crippen molar-refractivity contribution in [1.82, 2.24) is 5.32 Å². The largest absolute Gasteiger partial charge is 0.480 e. The van der Waals surface area contributed by atoms with E-state index in [9.17, 15) is 9.59 Å². The molecule has 0 aromatic heterocycles. The van der Waals surface area contributed by atoms with E-state index in [2.05, 4.69) is 5.32 Å². The fourth-order valence-corrected chi connectivity index (χ4v) is 2.32. The lowest BCUT2D eigenvalue weighted by Gasteiger charge is -2.23. The van der Waals surface area contributed by atoms with Crippen LogP contribution < -0.4 is 5.32 Å². The highest BCUT2D eigenvalue weighted by Crippen LogP contribution is 2.23. The standard InChI is InChI=1S/C13H23NO3/c1-2-3-9-11(13(16)17)14-12(15)10-7-5-4-6-8-10/h10-11H,2-9H2,1H3,(H,14,15)(H,16,17)/t11-/m0/s1. The Morgan fingerprint density at radius 2 is 1.94 bits per heavy atom. The van der Waals surface area contributed by atoms with Crippen molar-refractivity contribution in [2.24, 2.45) is 5.92 Å². The highest BCUT2D eigenvalue weighted by atomic mass is 16.4. The number of nitrogens with one attached hydrogen (secondary N) is 1. The van der Waals surface area contributed by atoms with Gasteiger partial charge in [-0.2, -0.15) is 0 Å². The summed E-state index contributed by atoms with van der Waals surface area (Å²) in [5.41, 5.74) is 0. The maximum Gasteiger partial charge on any atom is 0.326 e. The molecule has 0 aromatic rings. The lowest BCUT2D eigenvalue weighted by atomic mass is 9.88. The van der Waals surface area contributed by atoms with Crippen molar-refractivity contribution in [1.29, 1.82) is 0 Å². The van der Waals surface area contributed by atoms with E-state index in [0.717, 1.165) is 38.5 Å². The van der Waals surface area contributed by atoms with E-state index < -0.39 is 12.0 Å². The van der Waals surface area contributed by atoms with Gasteiger partial charge in [-0.15, -0.1) is 0 Å². The van der Waals surface area contributed by atoms with Crippen molar-refractivity contribution < 1.29 is 14.7 Å². The molecule has 0 unspecified atom stereocenters. The van der Waals surface area contributed by atoms with Crippen molar-refractivity contribution >= 4 is 11.9 Å². The van der Waals surface area contributed by atoms with Gasteiger partial charge in [0, 0.05) is 5.92 Å². The van der Waals surface area contributed by atoms with Crippen LogP contribution in [0.2, 0.25) is 0 Å². The molecule has 0 saturated heterocycles. The molecular weight excluding hydrogens is 218 g/mol. The van der Waals surface area contributed by atoms with Gasteiger partial charge in [-0.1, -0.05) is 39.0 Å². The van der Waals surface area contributed by atoms with Gasteiger partial charge in [-0.3, -0.25) is 4.79 Å². The zero-order valence-corrected chi connectivity index (χ0v) is 10.6. The summed E-state index contributed by atoms with van der Waals surface area (Å²) >= 11 is 0. The summed E-state index contributed by atoms with van der Waals surface area (Å²) in [6.07, 6.45) is 7.50. The summed E-state index contributed by atoms with van der Waals surface area (Å²) in [6, 6.07) is -0.704. The first-order chi connectivity index (χ1) is 8.15. The van der Waals surface area contributed by atoms with Gasteiger partial charge in [0.1, 0.15) is 6.04 Å². The van der Waals surface area contributed by atoms with Crippen LogP contribution in [-0.2, 0) is 9.59 Å². The fraction of sp³-hybridized carbons (Fsp3) is 0.846. The Bertz CT molecular complexity index is 259. The maximum atomic E-state index is 11.9. The van der Waals surface area contributed by atoms with Crippen molar-refractivity contribution in [2.45, 2.75) is 64.3 Å². The van der Waals surface area contributed by atoms with Crippen LogP contribution in [0, 0.1) is 5.92 Å². The number of rotatable bonds is 6. The Hall–Kier alpha value is -1.06. The first kappa shape index (κ1) is 14.0. The van der Waals surface area contributed by atoms with E-state index >= 15 is 0 Å². The molecule has 0 spiro atoms. The van der Waals surface area contributed by atoms with Gasteiger partial charge in [0.2, 0.25) is 5.91 Å². The van der Waals surface area contributed by atoms with Gasteiger partial charge in [-0.05, 0) is 19.3 Å². The van der Waals surface area contributed by atoms with Gasteiger partial charge in [0.05, 0.1) is 0 Å². The summed E-state index contributed by atoms with van der Waals surface area (Å²) in [5.74, 6) is -0.942. The molecule has 0 aromatic carbocycles. The van der Waals surface area contributed by atoms with Crippen molar-refractivity contribution in [3.8, 4) is 0 Å². The van der Waals surface area contributed by atoms with E-state index in [-0.39, 0.29) is 11.8 Å². The van der Waals surface area contributed by atoms with Crippen LogP contribution >= 0.6 is 0 Å².